The van der Waals surface area contributed by atoms with E-state index in [1.165, 1.54) is 94.1 Å². The average molecular weight is 955 g/mol. The molecule has 0 N–H and O–H groups in total. The minimum atomic E-state index is -0.453. The summed E-state index contributed by atoms with van der Waals surface area (Å²) in [6.45, 7) is 0. The maximum absolute atomic E-state index is 2.48. The van der Waals surface area contributed by atoms with Crippen molar-refractivity contribution in [2.45, 2.75) is 5.41 Å². The zero-order valence-corrected chi connectivity index (χ0v) is 41.3. The molecular formula is C73H50N2. The summed E-state index contributed by atoms with van der Waals surface area (Å²) < 4.78 is 2.48. The standard InChI is InChI=1S/C73H50N2/c1-5-19-51(20-6-1)52-33-35-53(36-34-52)54-37-42-60(43-38-54)74(59-25-11-4-12-26-59)61-44-39-55(40-45-61)63-27-13-14-28-64(63)56-41-47-67-66-30-16-18-32-71(66)75(72(67)49-56)62-46-48-70-68(50-62)65-29-15-17-31-69(65)73(70,57-21-7-2-8-22-57)58-23-9-3-10-24-58/h1-50H. The van der Waals surface area contributed by atoms with E-state index >= 15 is 0 Å². The zero-order valence-electron chi connectivity index (χ0n) is 41.3. The van der Waals surface area contributed by atoms with Crippen molar-refractivity contribution in [1.82, 2.24) is 4.57 Å². The molecule has 0 saturated heterocycles. The van der Waals surface area contributed by atoms with Gasteiger partial charge in [0.1, 0.15) is 0 Å². The molecule has 1 aromatic heterocycles. The molecule has 2 nitrogen and oxygen atoms in total. The second kappa shape index (κ2) is 18.4. The molecule has 75 heavy (non-hydrogen) atoms. The number of para-hydroxylation sites is 2. The molecule has 1 aliphatic carbocycles. The van der Waals surface area contributed by atoms with Gasteiger partial charge in [0, 0.05) is 33.5 Å². The molecule has 0 unspecified atom stereocenters. The second-order valence-corrected chi connectivity index (χ2v) is 19.6. The highest BCUT2D eigenvalue weighted by atomic mass is 15.1. The number of benzene rings is 12. The highest BCUT2D eigenvalue weighted by Crippen LogP contribution is 2.56. The van der Waals surface area contributed by atoms with Crippen LogP contribution in [0.3, 0.4) is 0 Å². The van der Waals surface area contributed by atoms with E-state index in [1.807, 2.05) is 0 Å². The summed E-state index contributed by atoms with van der Waals surface area (Å²) in [7, 11) is 0. The van der Waals surface area contributed by atoms with Crippen LogP contribution in [0.4, 0.5) is 17.1 Å². The summed E-state index contributed by atoms with van der Waals surface area (Å²) in [5, 5.41) is 2.47. The normalized spacial score (nSPS) is 12.4. The molecule has 1 heterocycles. The third-order valence-electron chi connectivity index (χ3n) is 15.5. The first kappa shape index (κ1) is 44.0. The average Bonchev–Trinajstić information content (AvgIpc) is 4.01. The van der Waals surface area contributed by atoms with Gasteiger partial charge in [-0.05, 0) is 139 Å². The highest BCUT2D eigenvalue weighted by molar-refractivity contribution is 6.10. The maximum atomic E-state index is 2.48. The minimum Gasteiger partial charge on any atom is -0.311 e. The van der Waals surface area contributed by atoms with Gasteiger partial charge in [-0.3, -0.25) is 0 Å². The Labute approximate surface area is 438 Å². The molecule has 1 aliphatic rings. The van der Waals surface area contributed by atoms with E-state index in [4.69, 9.17) is 0 Å². The number of anilines is 3. The first-order chi connectivity index (χ1) is 37.2. The van der Waals surface area contributed by atoms with Gasteiger partial charge in [0.15, 0.2) is 0 Å². The minimum absolute atomic E-state index is 0.453. The van der Waals surface area contributed by atoms with Crippen molar-refractivity contribution in [3.63, 3.8) is 0 Å². The van der Waals surface area contributed by atoms with Crippen LogP contribution in [0.2, 0.25) is 0 Å². The van der Waals surface area contributed by atoms with E-state index in [0.717, 1.165) is 28.3 Å². The van der Waals surface area contributed by atoms with Crippen LogP contribution in [0.1, 0.15) is 22.3 Å². The van der Waals surface area contributed by atoms with Gasteiger partial charge in [0.2, 0.25) is 0 Å². The number of nitrogens with zero attached hydrogens (tertiary/aromatic N) is 2. The SMILES string of the molecule is c1ccc(-c2ccc(-c3ccc(N(c4ccccc4)c4ccc(-c5ccccc5-c5ccc6c7ccccc7n(-c7ccc8c(c7)-c7ccccc7C8(c7ccccc7)c7ccccc7)c6c5)cc4)cc3)cc2)cc1. The van der Waals surface area contributed by atoms with Gasteiger partial charge >= 0.3 is 0 Å². The number of hydrogen-bond acceptors (Lipinski definition) is 1. The molecule has 352 valence electrons. The monoisotopic (exact) mass is 954 g/mol. The lowest BCUT2D eigenvalue weighted by atomic mass is 9.68. The molecule has 12 aromatic carbocycles. The fourth-order valence-corrected chi connectivity index (χ4v) is 12.1. The van der Waals surface area contributed by atoms with E-state index in [-0.39, 0.29) is 0 Å². The molecule has 13 aromatic rings. The van der Waals surface area contributed by atoms with Crippen molar-refractivity contribution in [3.8, 4) is 61.3 Å². The highest BCUT2D eigenvalue weighted by Gasteiger charge is 2.46. The Morgan fingerprint density at radius 1 is 0.253 bits per heavy atom. The molecule has 0 spiro atoms. The Bertz CT molecular complexity index is 4140. The van der Waals surface area contributed by atoms with Crippen molar-refractivity contribution in [2.24, 2.45) is 0 Å². The third kappa shape index (κ3) is 7.41. The van der Waals surface area contributed by atoms with Crippen molar-refractivity contribution >= 4 is 38.9 Å². The number of rotatable bonds is 10. The molecule has 0 saturated carbocycles. The van der Waals surface area contributed by atoms with Crippen LogP contribution in [0.25, 0.3) is 83.1 Å². The topological polar surface area (TPSA) is 8.17 Å². The fourth-order valence-electron chi connectivity index (χ4n) is 12.1. The smallest absolute Gasteiger partial charge is 0.0713 e. The first-order valence-electron chi connectivity index (χ1n) is 25.9. The van der Waals surface area contributed by atoms with E-state index in [0.29, 0.717) is 0 Å². The van der Waals surface area contributed by atoms with Crippen LogP contribution >= 0.6 is 0 Å². The summed E-state index contributed by atoms with van der Waals surface area (Å²) in [5.41, 5.74) is 23.6. The lowest BCUT2D eigenvalue weighted by Crippen LogP contribution is -2.28. The van der Waals surface area contributed by atoms with Crippen LogP contribution in [-0.4, -0.2) is 4.57 Å². The maximum Gasteiger partial charge on any atom is 0.0713 e. The molecule has 2 heteroatoms. The number of hydrogen-bond donors (Lipinski definition) is 0. The van der Waals surface area contributed by atoms with Gasteiger partial charge in [0.05, 0.1) is 16.4 Å². The quantitative estimate of drug-likeness (QED) is 0.133. The van der Waals surface area contributed by atoms with Gasteiger partial charge in [-0.15, -0.1) is 0 Å². The van der Waals surface area contributed by atoms with Crippen molar-refractivity contribution in [2.75, 3.05) is 4.90 Å². The summed E-state index contributed by atoms with van der Waals surface area (Å²) in [5.74, 6) is 0. The molecule has 0 fully saturated rings. The molecular weight excluding hydrogens is 905 g/mol. The first-order valence-corrected chi connectivity index (χ1v) is 25.9. The van der Waals surface area contributed by atoms with Crippen LogP contribution < -0.4 is 4.90 Å². The van der Waals surface area contributed by atoms with Gasteiger partial charge < -0.3 is 9.47 Å². The molecule has 0 atom stereocenters. The lowest BCUT2D eigenvalue weighted by Gasteiger charge is -2.33. The van der Waals surface area contributed by atoms with Crippen molar-refractivity contribution < 1.29 is 0 Å². The van der Waals surface area contributed by atoms with Crippen molar-refractivity contribution in [1.29, 1.82) is 0 Å². The molecule has 0 radical (unpaired) electrons. The van der Waals surface area contributed by atoms with E-state index < -0.39 is 5.41 Å². The summed E-state index contributed by atoms with van der Waals surface area (Å²) in [4.78, 5) is 2.34. The molecule has 0 bridgehead atoms. The Kier molecular flexibility index (Phi) is 10.8. The molecule has 0 amide bonds. The summed E-state index contributed by atoms with van der Waals surface area (Å²) in [6, 6.07) is 111. The largest absolute Gasteiger partial charge is 0.311 e. The summed E-state index contributed by atoms with van der Waals surface area (Å²) in [6.07, 6.45) is 0. The predicted molar refractivity (Wildman–Crippen MR) is 315 cm³/mol. The van der Waals surface area contributed by atoms with Gasteiger partial charge in [-0.25, -0.2) is 0 Å². The Balaban J connectivity index is 0.835. The Hall–Kier alpha value is -9.76. The third-order valence-corrected chi connectivity index (χ3v) is 15.5. The molecule has 0 aliphatic heterocycles. The van der Waals surface area contributed by atoms with E-state index in [9.17, 15) is 0 Å². The Morgan fingerprint density at radius 2 is 0.680 bits per heavy atom. The van der Waals surface area contributed by atoms with Crippen LogP contribution in [0, 0.1) is 0 Å². The van der Waals surface area contributed by atoms with Crippen LogP contribution in [-0.2, 0) is 5.41 Å². The number of aromatic nitrogens is 1. The van der Waals surface area contributed by atoms with Gasteiger partial charge in [-0.2, -0.15) is 0 Å². The van der Waals surface area contributed by atoms with Gasteiger partial charge in [0.25, 0.3) is 0 Å². The molecule has 14 rings (SSSR count). The lowest BCUT2D eigenvalue weighted by molar-refractivity contribution is 0.768. The fraction of sp³-hybridized carbons (Fsp3) is 0.0137. The van der Waals surface area contributed by atoms with E-state index in [2.05, 4.69) is 313 Å². The number of fused-ring (bicyclic) bond motifs is 6. The zero-order chi connectivity index (χ0) is 49.7. The predicted octanol–water partition coefficient (Wildman–Crippen LogP) is 19.3. The Morgan fingerprint density at radius 3 is 1.31 bits per heavy atom. The van der Waals surface area contributed by atoms with Gasteiger partial charge in [-0.1, -0.05) is 243 Å². The summed E-state index contributed by atoms with van der Waals surface area (Å²) >= 11 is 0. The van der Waals surface area contributed by atoms with Crippen LogP contribution in [0.15, 0.2) is 303 Å². The second-order valence-electron chi connectivity index (χ2n) is 19.6. The van der Waals surface area contributed by atoms with E-state index in [1.54, 1.807) is 0 Å². The van der Waals surface area contributed by atoms with Crippen molar-refractivity contribution in [3.05, 3.63) is 326 Å². The van der Waals surface area contributed by atoms with Crippen LogP contribution in [0.5, 0.6) is 0 Å².